The molecule has 1 amide bonds. The van der Waals surface area contributed by atoms with Crippen LogP contribution in [0.1, 0.15) is 28.4 Å². The summed E-state index contributed by atoms with van der Waals surface area (Å²) in [6.45, 7) is 0.613. The summed E-state index contributed by atoms with van der Waals surface area (Å²) in [7, 11) is 0. The number of anilines is 1. The average Bonchev–Trinajstić information content (AvgIpc) is 2.64. The topological polar surface area (TPSA) is 113 Å². The van der Waals surface area contributed by atoms with Crippen LogP contribution in [0, 0.1) is 11.8 Å². The monoisotopic (exact) mass is 352 g/mol. The minimum Gasteiger partial charge on any atom is -0.399 e. The second-order valence-electron chi connectivity index (χ2n) is 5.77. The number of aliphatic hydroxyl groups excluding tert-OH is 2. The summed E-state index contributed by atoms with van der Waals surface area (Å²) in [5.41, 5.74) is 8.15. The predicted molar refractivity (Wildman–Crippen MR) is 98.3 cm³/mol. The molecule has 0 radical (unpaired) electrons. The fraction of sp³-hybridized carbons (Fsp3) is 0.200. The maximum absolute atomic E-state index is 12.2. The zero-order valence-corrected chi connectivity index (χ0v) is 14.3. The molecule has 0 aliphatic heterocycles. The molecule has 6 nitrogen and oxygen atoms in total. The highest BCUT2D eigenvalue weighted by Gasteiger charge is 2.25. The first-order chi connectivity index (χ1) is 12.4. The number of aliphatic hydroxyl groups is 2. The number of carbonyl (C=O) groups is 2. The lowest BCUT2D eigenvalue weighted by Gasteiger charge is -2.19. The van der Waals surface area contributed by atoms with E-state index in [1.165, 1.54) is 6.92 Å². The average molecular weight is 352 g/mol. The Morgan fingerprint density at radius 2 is 1.77 bits per heavy atom. The predicted octanol–water partition coefficient (Wildman–Crippen LogP) is 0.709. The quantitative estimate of drug-likeness (QED) is 0.468. The van der Waals surface area contributed by atoms with Crippen molar-refractivity contribution < 1.29 is 19.8 Å². The van der Waals surface area contributed by atoms with Crippen molar-refractivity contribution in [1.29, 1.82) is 0 Å². The first-order valence-electron chi connectivity index (χ1n) is 8.01. The Labute approximate surface area is 151 Å². The van der Waals surface area contributed by atoms with Crippen LogP contribution in [0.5, 0.6) is 0 Å². The largest absolute Gasteiger partial charge is 0.399 e. The molecule has 2 aromatic carbocycles. The van der Waals surface area contributed by atoms with Crippen molar-refractivity contribution in [3.05, 3.63) is 65.2 Å². The molecule has 26 heavy (non-hydrogen) atoms. The molecule has 0 aliphatic carbocycles. The van der Waals surface area contributed by atoms with Gasteiger partial charge in [-0.25, -0.2) is 0 Å². The highest BCUT2D eigenvalue weighted by molar-refractivity contribution is 5.98. The van der Waals surface area contributed by atoms with Gasteiger partial charge in [-0.1, -0.05) is 17.9 Å². The molecule has 0 aliphatic rings. The molecule has 0 heterocycles. The van der Waals surface area contributed by atoms with Crippen LogP contribution in [-0.2, 0) is 4.79 Å². The van der Waals surface area contributed by atoms with Gasteiger partial charge in [-0.3, -0.25) is 9.59 Å². The summed E-state index contributed by atoms with van der Waals surface area (Å²) in [4.78, 5) is 23.8. The standard InChI is InChI=1S/C20H20N2O4/c1-13(24)19(18(25)12-23)22-20(26)16-9-7-14(8-10-16)5-6-15-3-2-4-17(21)11-15/h2-4,7-11,13,19,23-24H,12,21H2,1H3,(H,22,26)/t13-,19+/m1/s1. The fourth-order valence-corrected chi connectivity index (χ4v) is 2.26. The van der Waals surface area contributed by atoms with Crippen LogP contribution < -0.4 is 11.1 Å². The molecule has 6 heteroatoms. The number of nitrogen functional groups attached to an aromatic ring is 1. The lowest BCUT2D eigenvalue weighted by Crippen LogP contribution is -2.48. The maximum Gasteiger partial charge on any atom is 0.251 e. The zero-order chi connectivity index (χ0) is 19.1. The Bertz CT molecular complexity index is 848. The minimum absolute atomic E-state index is 0.316. The lowest BCUT2D eigenvalue weighted by atomic mass is 10.1. The van der Waals surface area contributed by atoms with E-state index in [9.17, 15) is 14.7 Å². The summed E-state index contributed by atoms with van der Waals surface area (Å²) in [5, 5.41) is 20.9. The number of hydrogen-bond donors (Lipinski definition) is 4. The smallest absolute Gasteiger partial charge is 0.251 e. The molecular formula is C20H20N2O4. The maximum atomic E-state index is 12.2. The van der Waals surface area contributed by atoms with E-state index in [1.807, 2.05) is 12.1 Å². The van der Waals surface area contributed by atoms with Gasteiger partial charge in [0.25, 0.3) is 5.91 Å². The number of Topliss-reactive ketones (excluding diaryl/α,β-unsaturated/α-hetero) is 1. The number of amides is 1. The van der Waals surface area contributed by atoms with Gasteiger partial charge in [-0.15, -0.1) is 0 Å². The molecule has 0 unspecified atom stereocenters. The van der Waals surface area contributed by atoms with Gasteiger partial charge in [0.15, 0.2) is 5.78 Å². The normalized spacial score (nSPS) is 12.4. The van der Waals surface area contributed by atoms with Gasteiger partial charge in [0.05, 0.1) is 6.10 Å². The third kappa shape index (κ3) is 5.18. The number of rotatable bonds is 5. The zero-order valence-electron chi connectivity index (χ0n) is 14.3. The molecule has 2 aromatic rings. The number of ketones is 1. The van der Waals surface area contributed by atoms with Gasteiger partial charge in [0.2, 0.25) is 0 Å². The van der Waals surface area contributed by atoms with E-state index in [0.717, 1.165) is 5.56 Å². The molecule has 0 bridgehead atoms. The number of benzene rings is 2. The molecule has 0 saturated heterocycles. The van der Waals surface area contributed by atoms with Crippen molar-refractivity contribution in [2.75, 3.05) is 12.3 Å². The van der Waals surface area contributed by atoms with Gasteiger partial charge in [-0.05, 0) is 49.4 Å². The molecule has 2 atom stereocenters. The molecule has 0 saturated carbocycles. The second-order valence-corrected chi connectivity index (χ2v) is 5.77. The van der Waals surface area contributed by atoms with Crippen molar-refractivity contribution in [3.63, 3.8) is 0 Å². The Morgan fingerprint density at radius 3 is 2.35 bits per heavy atom. The van der Waals surface area contributed by atoms with Crippen LogP contribution >= 0.6 is 0 Å². The summed E-state index contributed by atoms with van der Waals surface area (Å²) < 4.78 is 0. The number of carbonyl (C=O) groups excluding carboxylic acids is 2. The molecule has 0 aromatic heterocycles. The van der Waals surface area contributed by atoms with Gasteiger partial charge < -0.3 is 21.3 Å². The molecular weight excluding hydrogens is 332 g/mol. The van der Waals surface area contributed by atoms with E-state index in [0.29, 0.717) is 16.8 Å². The SMILES string of the molecule is C[C@@H](O)[C@H](NC(=O)c1ccc(C#Cc2cccc(N)c2)cc1)C(=O)CO. The van der Waals surface area contributed by atoms with Crippen molar-refractivity contribution in [1.82, 2.24) is 5.32 Å². The van der Waals surface area contributed by atoms with Crippen LogP contribution in [0.15, 0.2) is 48.5 Å². The third-order valence-electron chi connectivity index (χ3n) is 3.66. The van der Waals surface area contributed by atoms with Crippen LogP contribution in [0.25, 0.3) is 0 Å². The van der Waals surface area contributed by atoms with Gasteiger partial charge >= 0.3 is 0 Å². The van der Waals surface area contributed by atoms with Crippen molar-refractivity contribution in [3.8, 4) is 11.8 Å². The van der Waals surface area contributed by atoms with Gasteiger partial charge in [0.1, 0.15) is 12.6 Å². The van der Waals surface area contributed by atoms with E-state index in [1.54, 1.807) is 36.4 Å². The van der Waals surface area contributed by atoms with Crippen molar-refractivity contribution in [2.24, 2.45) is 0 Å². The Balaban J connectivity index is 2.09. The molecule has 2 rings (SSSR count). The second kappa shape index (κ2) is 8.81. The molecule has 0 fully saturated rings. The Hall–Kier alpha value is -3.14. The summed E-state index contributed by atoms with van der Waals surface area (Å²) >= 11 is 0. The molecule has 134 valence electrons. The van der Waals surface area contributed by atoms with E-state index in [-0.39, 0.29) is 0 Å². The fourth-order valence-electron chi connectivity index (χ4n) is 2.26. The minimum atomic E-state index is -1.16. The van der Waals surface area contributed by atoms with E-state index < -0.39 is 30.4 Å². The van der Waals surface area contributed by atoms with Gasteiger partial charge in [0, 0.05) is 22.4 Å². The lowest BCUT2D eigenvalue weighted by molar-refractivity contribution is -0.125. The molecule has 0 spiro atoms. The van der Waals surface area contributed by atoms with Crippen LogP contribution in [-0.4, -0.2) is 40.7 Å². The van der Waals surface area contributed by atoms with Crippen molar-refractivity contribution in [2.45, 2.75) is 19.1 Å². The van der Waals surface area contributed by atoms with Crippen LogP contribution in [0.4, 0.5) is 5.69 Å². The number of nitrogens with one attached hydrogen (secondary N) is 1. The highest BCUT2D eigenvalue weighted by atomic mass is 16.3. The summed E-state index contributed by atoms with van der Waals surface area (Å²) in [6, 6.07) is 12.6. The first kappa shape index (κ1) is 19.2. The Kier molecular flexibility index (Phi) is 6.50. The number of nitrogens with two attached hydrogens (primary N) is 1. The first-order valence-corrected chi connectivity index (χ1v) is 8.01. The summed E-state index contributed by atoms with van der Waals surface area (Å²) in [5.74, 6) is 4.79. The number of hydrogen-bond acceptors (Lipinski definition) is 5. The van der Waals surface area contributed by atoms with Crippen LogP contribution in [0.2, 0.25) is 0 Å². The Morgan fingerprint density at radius 1 is 1.12 bits per heavy atom. The van der Waals surface area contributed by atoms with Crippen LogP contribution in [0.3, 0.4) is 0 Å². The van der Waals surface area contributed by atoms with E-state index in [4.69, 9.17) is 10.8 Å². The summed E-state index contributed by atoms with van der Waals surface area (Å²) in [6.07, 6.45) is -1.11. The third-order valence-corrected chi connectivity index (χ3v) is 3.66. The highest BCUT2D eigenvalue weighted by Crippen LogP contribution is 2.07. The van der Waals surface area contributed by atoms with E-state index in [2.05, 4.69) is 17.2 Å². The van der Waals surface area contributed by atoms with E-state index >= 15 is 0 Å². The van der Waals surface area contributed by atoms with Crippen molar-refractivity contribution >= 4 is 17.4 Å². The van der Waals surface area contributed by atoms with Gasteiger partial charge in [-0.2, -0.15) is 0 Å². The molecule has 5 N–H and O–H groups in total.